The summed E-state index contributed by atoms with van der Waals surface area (Å²) in [6.45, 7) is 1.09. The lowest BCUT2D eigenvalue weighted by Crippen LogP contribution is -2.36. The lowest BCUT2D eigenvalue weighted by molar-refractivity contribution is 0.0739. The van der Waals surface area contributed by atoms with E-state index in [2.05, 4.69) is 0 Å². The molecular formula is C21H19NO4S. The van der Waals surface area contributed by atoms with Crippen molar-refractivity contribution in [1.29, 1.82) is 0 Å². The van der Waals surface area contributed by atoms with E-state index in [4.69, 9.17) is 9.47 Å². The summed E-state index contributed by atoms with van der Waals surface area (Å²) in [5, 5.41) is 1.45. The first kappa shape index (κ1) is 17.5. The maximum absolute atomic E-state index is 13.0. The van der Waals surface area contributed by atoms with Gasteiger partial charge in [0.15, 0.2) is 11.5 Å². The van der Waals surface area contributed by atoms with Gasteiger partial charge >= 0.3 is 0 Å². The van der Waals surface area contributed by atoms with E-state index in [1.807, 2.05) is 36.4 Å². The number of methoxy groups -OCH3 is 2. The van der Waals surface area contributed by atoms with E-state index in [1.165, 1.54) is 0 Å². The van der Waals surface area contributed by atoms with Gasteiger partial charge in [0.25, 0.3) is 5.91 Å². The Balaban J connectivity index is 1.66. The number of fused-ring (bicyclic) bond motifs is 2. The normalized spacial score (nSPS) is 13.3. The third kappa shape index (κ3) is 3.17. The van der Waals surface area contributed by atoms with Gasteiger partial charge in [0.1, 0.15) is 0 Å². The first-order valence-corrected chi connectivity index (χ1v) is 9.48. The zero-order chi connectivity index (χ0) is 19.0. The number of amides is 1. The minimum absolute atomic E-state index is 0.0831. The summed E-state index contributed by atoms with van der Waals surface area (Å²) < 4.78 is 10.7. The monoisotopic (exact) mass is 381 g/mol. The highest BCUT2D eigenvalue weighted by molar-refractivity contribution is 7.12. The zero-order valence-electron chi connectivity index (χ0n) is 15.2. The largest absolute Gasteiger partial charge is 0.493 e. The summed E-state index contributed by atoms with van der Waals surface area (Å²) in [5.74, 6) is 1.24. The molecular weight excluding hydrogens is 362 g/mol. The van der Waals surface area contributed by atoms with E-state index in [-0.39, 0.29) is 10.6 Å². The van der Waals surface area contributed by atoms with Crippen LogP contribution < -0.4 is 14.2 Å². The predicted octanol–water partition coefficient (Wildman–Crippen LogP) is 3.48. The Morgan fingerprint density at radius 2 is 1.74 bits per heavy atom. The number of hydrogen-bond acceptors (Lipinski definition) is 5. The number of carbonyl (C=O) groups is 1. The van der Waals surface area contributed by atoms with Crippen molar-refractivity contribution in [2.45, 2.75) is 13.0 Å². The molecule has 2 aromatic carbocycles. The van der Waals surface area contributed by atoms with Crippen LogP contribution in [0.5, 0.6) is 11.5 Å². The summed E-state index contributed by atoms with van der Waals surface area (Å²) in [6.07, 6.45) is 0.740. The quantitative estimate of drug-likeness (QED) is 0.697. The van der Waals surface area contributed by atoms with E-state index in [0.29, 0.717) is 34.9 Å². The number of nitrogens with zero attached hydrogens (tertiary/aromatic N) is 1. The van der Waals surface area contributed by atoms with Crippen molar-refractivity contribution in [3.8, 4) is 11.5 Å². The van der Waals surface area contributed by atoms with Crippen LogP contribution in [0.4, 0.5) is 0 Å². The second-order valence-corrected chi connectivity index (χ2v) is 7.45. The Bertz CT molecular complexity index is 1090. The fourth-order valence-electron chi connectivity index (χ4n) is 3.45. The molecule has 1 aliphatic rings. The van der Waals surface area contributed by atoms with Crippen LogP contribution in [0.2, 0.25) is 0 Å². The van der Waals surface area contributed by atoms with Gasteiger partial charge in [-0.3, -0.25) is 9.59 Å². The molecule has 0 N–H and O–H groups in total. The van der Waals surface area contributed by atoms with Crippen LogP contribution in [0, 0.1) is 0 Å². The Kier molecular flexibility index (Phi) is 4.58. The Morgan fingerprint density at radius 3 is 2.48 bits per heavy atom. The fourth-order valence-corrected chi connectivity index (χ4v) is 4.35. The van der Waals surface area contributed by atoms with Crippen LogP contribution in [-0.4, -0.2) is 31.6 Å². The fraction of sp³-hybridized carbons (Fsp3) is 0.238. The highest BCUT2D eigenvalue weighted by atomic mass is 32.1. The lowest BCUT2D eigenvalue weighted by atomic mass is 9.98. The molecule has 4 rings (SSSR count). The smallest absolute Gasteiger partial charge is 0.264 e. The van der Waals surface area contributed by atoms with E-state index in [9.17, 15) is 9.59 Å². The molecule has 1 aliphatic heterocycles. The van der Waals surface area contributed by atoms with Crippen molar-refractivity contribution in [2.75, 3.05) is 20.8 Å². The van der Waals surface area contributed by atoms with Crippen LogP contribution in [0.15, 0.2) is 47.3 Å². The van der Waals surface area contributed by atoms with Gasteiger partial charge in [-0.15, -0.1) is 0 Å². The van der Waals surface area contributed by atoms with Crippen molar-refractivity contribution in [2.24, 2.45) is 0 Å². The first-order chi connectivity index (χ1) is 13.1. The van der Waals surface area contributed by atoms with E-state index < -0.39 is 0 Å². The van der Waals surface area contributed by atoms with Gasteiger partial charge < -0.3 is 14.4 Å². The molecule has 3 aromatic rings. The highest BCUT2D eigenvalue weighted by Gasteiger charge is 2.24. The molecule has 2 heterocycles. The van der Waals surface area contributed by atoms with Gasteiger partial charge in [-0.05, 0) is 47.2 Å². The summed E-state index contributed by atoms with van der Waals surface area (Å²) >= 11 is 1.01. The Labute approximate surface area is 160 Å². The number of hydrogen-bond donors (Lipinski definition) is 0. The number of benzene rings is 2. The maximum atomic E-state index is 13.0. The van der Waals surface area contributed by atoms with Crippen molar-refractivity contribution >= 4 is 28.0 Å². The molecule has 1 amide bonds. The third-order valence-electron chi connectivity index (χ3n) is 4.89. The molecule has 0 saturated carbocycles. The van der Waals surface area contributed by atoms with Crippen LogP contribution >= 0.6 is 11.3 Å². The number of ether oxygens (including phenoxy) is 2. The molecule has 0 spiro atoms. The Morgan fingerprint density at radius 1 is 1.04 bits per heavy atom. The second kappa shape index (κ2) is 7.04. The summed E-state index contributed by atoms with van der Waals surface area (Å²) in [4.78, 5) is 27.6. The standard InChI is InChI=1S/C21H19NO4S/c1-25-17-9-13-7-8-22(12-15(13)10-18(17)26-2)20(23)19-11-14-5-3-4-6-16(14)21(24)27-19/h3-6,9-11H,7-8,12H2,1-2H3. The average Bonchev–Trinajstić information content (AvgIpc) is 2.71. The number of carbonyl (C=O) groups excluding carboxylic acids is 1. The molecule has 138 valence electrons. The molecule has 0 aliphatic carbocycles. The van der Waals surface area contributed by atoms with Crippen molar-refractivity contribution < 1.29 is 14.3 Å². The molecule has 0 unspecified atom stereocenters. The molecule has 0 atom stereocenters. The van der Waals surface area contributed by atoms with Gasteiger partial charge in [-0.25, -0.2) is 0 Å². The van der Waals surface area contributed by atoms with Gasteiger partial charge in [0, 0.05) is 18.5 Å². The topological polar surface area (TPSA) is 55.8 Å². The van der Waals surface area contributed by atoms with Crippen LogP contribution in [0.1, 0.15) is 20.8 Å². The van der Waals surface area contributed by atoms with Gasteiger partial charge in [-0.1, -0.05) is 29.5 Å². The first-order valence-electron chi connectivity index (χ1n) is 8.66. The molecule has 5 nitrogen and oxygen atoms in total. The van der Waals surface area contributed by atoms with E-state index in [0.717, 1.165) is 34.3 Å². The summed E-state index contributed by atoms with van der Waals surface area (Å²) in [5.41, 5.74) is 2.20. The second-order valence-electron chi connectivity index (χ2n) is 6.44. The molecule has 0 saturated heterocycles. The Hall–Kier alpha value is -2.86. The van der Waals surface area contributed by atoms with Gasteiger partial charge in [0.2, 0.25) is 4.74 Å². The molecule has 6 heteroatoms. The molecule has 0 bridgehead atoms. The predicted molar refractivity (Wildman–Crippen MR) is 106 cm³/mol. The minimum atomic E-state index is -0.108. The van der Waals surface area contributed by atoms with Crippen molar-refractivity contribution in [1.82, 2.24) is 4.90 Å². The molecule has 0 radical (unpaired) electrons. The molecule has 0 fully saturated rings. The molecule has 27 heavy (non-hydrogen) atoms. The molecule has 1 aromatic heterocycles. The minimum Gasteiger partial charge on any atom is -0.493 e. The van der Waals surface area contributed by atoms with Crippen LogP contribution in [0.25, 0.3) is 10.8 Å². The van der Waals surface area contributed by atoms with Crippen LogP contribution in [0.3, 0.4) is 0 Å². The third-order valence-corrected chi connectivity index (χ3v) is 5.80. The number of rotatable bonds is 3. The zero-order valence-corrected chi connectivity index (χ0v) is 16.0. The summed E-state index contributed by atoms with van der Waals surface area (Å²) in [7, 11) is 3.22. The van der Waals surface area contributed by atoms with Gasteiger partial charge in [0.05, 0.1) is 19.1 Å². The maximum Gasteiger partial charge on any atom is 0.264 e. The van der Waals surface area contributed by atoms with E-state index >= 15 is 0 Å². The van der Waals surface area contributed by atoms with Gasteiger partial charge in [-0.2, -0.15) is 0 Å². The van der Waals surface area contributed by atoms with Crippen molar-refractivity contribution in [3.05, 3.63) is 68.0 Å². The average molecular weight is 381 g/mol. The van der Waals surface area contributed by atoms with Crippen LogP contribution in [-0.2, 0) is 13.0 Å². The SMILES string of the molecule is COc1cc2c(cc1OC)CN(C(=O)c1cc3ccccc3c(=O)s1)CC2. The summed E-state index contributed by atoms with van der Waals surface area (Å²) in [6, 6.07) is 13.1. The van der Waals surface area contributed by atoms with E-state index in [1.54, 1.807) is 25.2 Å². The lowest BCUT2D eigenvalue weighted by Gasteiger charge is -2.29. The highest BCUT2D eigenvalue weighted by Crippen LogP contribution is 2.33. The van der Waals surface area contributed by atoms with Crippen molar-refractivity contribution in [3.63, 3.8) is 0 Å².